The Morgan fingerprint density at radius 3 is 2.29 bits per heavy atom. The van der Waals surface area contributed by atoms with E-state index in [1.165, 1.54) is 0 Å². The zero-order valence-corrected chi connectivity index (χ0v) is 7.96. The van der Waals surface area contributed by atoms with E-state index >= 15 is 0 Å². The van der Waals surface area contributed by atoms with Gasteiger partial charge >= 0.3 is 6.03 Å². The Bertz CT molecular complexity index is 331. The Hall–Kier alpha value is -2.21. The van der Waals surface area contributed by atoms with E-state index in [-0.39, 0.29) is 17.4 Å². The summed E-state index contributed by atoms with van der Waals surface area (Å²) in [5.41, 5.74) is 4.60. The van der Waals surface area contributed by atoms with Crippen molar-refractivity contribution in [1.82, 2.24) is 10.6 Å². The van der Waals surface area contributed by atoms with E-state index in [0.717, 1.165) is 0 Å². The summed E-state index contributed by atoms with van der Waals surface area (Å²) in [6.45, 7) is 3.53. The van der Waals surface area contributed by atoms with Crippen LogP contribution >= 0.6 is 0 Å². The van der Waals surface area contributed by atoms with Gasteiger partial charge in [-0.2, -0.15) is 10.5 Å². The first-order valence-corrected chi connectivity index (χ1v) is 3.88. The van der Waals surface area contributed by atoms with E-state index in [9.17, 15) is 4.79 Å². The van der Waals surface area contributed by atoms with Crippen LogP contribution in [0.25, 0.3) is 0 Å². The molecule has 0 aromatic carbocycles. The molecule has 0 bridgehead atoms. The normalized spacial score (nSPS) is 10.9. The van der Waals surface area contributed by atoms with Crippen molar-refractivity contribution in [2.45, 2.75) is 19.9 Å². The van der Waals surface area contributed by atoms with Crippen LogP contribution in [-0.4, -0.2) is 12.1 Å². The second-order valence-corrected chi connectivity index (χ2v) is 2.77. The second kappa shape index (κ2) is 5.44. The minimum absolute atomic E-state index is 0.0572. The van der Waals surface area contributed by atoms with Crippen LogP contribution in [-0.2, 0) is 0 Å². The molecule has 0 rings (SSSR count). The van der Waals surface area contributed by atoms with Crippen molar-refractivity contribution in [3.8, 4) is 12.1 Å². The van der Waals surface area contributed by atoms with Gasteiger partial charge in [0.05, 0.1) is 0 Å². The molecule has 0 unspecified atom stereocenters. The van der Waals surface area contributed by atoms with Gasteiger partial charge in [-0.25, -0.2) is 4.79 Å². The van der Waals surface area contributed by atoms with Crippen LogP contribution in [0.3, 0.4) is 0 Å². The molecule has 0 aliphatic carbocycles. The van der Waals surface area contributed by atoms with Crippen molar-refractivity contribution in [2.24, 2.45) is 5.73 Å². The van der Waals surface area contributed by atoms with E-state index in [1.807, 2.05) is 0 Å². The maximum Gasteiger partial charge on any atom is 0.320 e. The number of rotatable bonds is 2. The molecule has 0 heterocycles. The molecule has 0 radical (unpaired) electrons. The molecule has 0 aliphatic rings. The fraction of sp³-hybridized carbons (Fsp3) is 0.375. The molecular weight excluding hydrogens is 182 g/mol. The van der Waals surface area contributed by atoms with Crippen LogP contribution in [0.1, 0.15) is 13.8 Å². The van der Waals surface area contributed by atoms with E-state index in [1.54, 1.807) is 26.0 Å². The average molecular weight is 193 g/mol. The van der Waals surface area contributed by atoms with E-state index in [4.69, 9.17) is 16.3 Å². The van der Waals surface area contributed by atoms with E-state index in [0.29, 0.717) is 0 Å². The summed E-state index contributed by atoms with van der Waals surface area (Å²) in [7, 11) is 0. The summed E-state index contributed by atoms with van der Waals surface area (Å²) < 4.78 is 0. The third-order valence-electron chi connectivity index (χ3n) is 1.16. The highest BCUT2D eigenvalue weighted by atomic mass is 16.2. The lowest BCUT2D eigenvalue weighted by Crippen LogP contribution is -2.39. The zero-order chi connectivity index (χ0) is 11.1. The lowest BCUT2D eigenvalue weighted by molar-refractivity contribution is 0.241. The Labute approximate surface area is 82.0 Å². The predicted molar refractivity (Wildman–Crippen MR) is 49.2 cm³/mol. The van der Waals surface area contributed by atoms with Gasteiger partial charge in [0.15, 0.2) is 5.70 Å². The molecule has 0 atom stereocenters. The Balaban J connectivity index is 4.46. The molecule has 0 aliphatic heterocycles. The number of nitrogens with zero attached hydrogens (tertiary/aromatic N) is 2. The number of nitriles is 2. The number of amides is 2. The summed E-state index contributed by atoms with van der Waals surface area (Å²) in [4.78, 5) is 11.1. The zero-order valence-electron chi connectivity index (χ0n) is 7.96. The number of urea groups is 1. The highest BCUT2D eigenvalue weighted by molar-refractivity contribution is 5.77. The second-order valence-electron chi connectivity index (χ2n) is 2.77. The molecule has 0 aromatic heterocycles. The summed E-state index contributed by atoms with van der Waals surface area (Å²) in [6.07, 6.45) is 0. The van der Waals surface area contributed by atoms with Crippen molar-refractivity contribution in [3.63, 3.8) is 0 Å². The van der Waals surface area contributed by atoms with Gasteiger partial charge in [0, 0.05) is 6.04 Å². The number of hydrogen-bond donors (Lipinski definition) is 3. The van der Waals surface area contributed by atoms with Crippen molar-refractivity contribution in [3.05, 3.63) is 11.4 Å². The van der Waals surface area contributed by atoms with Gasteiger partial charge in [-0.1, -0.05) is 0 Å². The smallest absolute Gasteiger partial charge is 0.320 e. The summed E-state index contributed by atoms with van der Waals surface area (Å²) in [5, 5.41) is 21.6. The maximum absolute atomic E-state index is 11.1. The molecule has 0 aromatic rings. The maximum atomic E-state index is 11.1. The SMILES string of the molecule is CC(C)NC(=O)N/C(C#N)=C(\N)C#N. The Kier molecular flexibility index (Phi) is 4.58. The number of hydrogen-bond acceptors (Lipinski definition) is 4. The molecule has 0 saturated heterocycles. The van der Waals surface area contributed by atoms with E-state index < -0.39 is 6.03 Å². The number of carbonyl (C=O) groups excluding carboxylic acids is 1. The third-order valence-corrected chi connectivity index (χ3v) is 1.16. The molecule has 0 spiro atoms. The van der Waals surface area contributed by atoms with Crippen LogP contribution in [0.4, 0.5) is 4.79 Å². The molecule has 6 heteroatoms. The molecule has 2 amide bonds. The van der Waals surface area contributed by atoms with Crippen molar-refractivity contribution >= 4 is 6.03 Å². The fourth-order valence-electron chi connectivity index (χ4n) is 0.623. The fourth-order valence-corrected chi connectivity index (χ4v) is 0.623. The quantitative estimate of drug-likeness (QED) is 0.531. The van der Waals surface area contributed by atoms with Crippen LogP contribution in [0, 0.1) is 22.7 Å². The minimum atomic E-state index is -0.560. The lowest BCUT2D eigenvalue weighted by atomic mass is 10.3. The molecule has 0 saturated carbocycles. The number of nitrogens with two attached hydrogens (primary N) is 1. The van der Waals surface area contributed by atoms with Gasteiger partial charge in [-0.05, 0) is 13.8 Å². The Morgan fingerprint density at radius 2 is 1.93 bits per heavy atom. The monoisotopic (exact) mass is 193 g/mol. The van der Waals surface area contributed by atoms with E-state index in [2.05, 4.69) is 10.6 Å². The third kappa shape index (κ3) is 3.98. The predicted octanol–water partition coefficient (Wildman–Crippen LogP) is -0.0885. The highest BCUT2D eigenvalue weighted by Gasteiger charge is 2.07. The molecule has 74 valence electrons. The average Bonchev–Trinajstić information content (AvgIpc) is 2.11. The number of carbonyl (C=O) groups is 1. The minimum Gasteiger partial charge on any atom is -0.388 e. The summed E-state index contributed by atoms with van der Waals surface area (Å²) >= 11 is 0. The first kappa shape index (κ1) is 11.8. The van der Waals surface area contributed by atoms with Gasteiger partial charge in [0.25, 0.3) is 0 Å². The highest BCUT2D eigenvalue weighted by Crippen LogP contribution is 1.91. The number of nitrogens with one attached hydrogen (secondary N) is 2. The van der Waals surface area contributed by atoms with Crippen LogP contribution in [0.2, 0.25) is 0 Å². The van der Waals surface area contributed by atoms with Gasteiger partial charge in [-0.15, -0.1) is 0 Å². The standard InChI is InChI=1S/C8H11N5O/c1-5(2)12-8(14)13-7(4-10)6(11)3-9/h5H,11H2,1-2H3,(H2,12,13,14)/b7-6-. The topological polar surface area (TPSA) is 115 Å². The first-order valence-electron chi connectivity index (χ1n) is 3.88. The van der Waals surface area contributed by atoms with Crippen molar-refractivity contribution < 1.29 is 4.79 Å². The van der Waals surface area contributed by atoms with Gasteiger partial charge in [0.2, 0.25) is 0 Å². The van der Waals surface area contributed by atoms with Crippen molar-refractivity contribution in [1.29, 1.82) is 10.5 Å². The van der Waals surface area contributed by atoms with Crippen LogP contribution in [0.5, 0.6) is 0 Å². The lowest BCUT2D eigenvalue weighted by Gasteiger charge is -2.08. The van der Waals surface area contributed by atoms with Crippen molar-refractivity contribution in [2.75, 3.05) is 0 Å². The summed E-state index contributed by atoms with van der Waals surface area (Å²) in [6, 6.07) is 2.57. The summed E-state index contributed by atoms with van der Waals surface area (Å²) in [5.74, 6) is 0. The van der Waals surface area contributed by atoms with Crippen LogP contribution in [0.15, 0.2) is 11.4 Å². The van der Waals surface area contributed by atoms with Gasteiger partial charge in [0.1, 0.15) is 17.8 Å². The number of allylic oxidation sites excluding steroid dienone is 2. The van der Waals surface area contributed by atoms with Crippen LogP contribution < -0.4 is 16.4 Å². The molecule has 4 N–H and O–H groups in total. The molecular formula is C8H11N5O. The largest absolute Gasteiger partial charge is 0.388 e. The van der Waals surface area contributed by atoms with Gasteiger partial charge in [-0.3, -0.25) is 5.32 Å². The molecule has 6 nitrogen and oxygen atoms in total. The molecule has 14 heavy (non-hydrogen) atoms. The molecule has 0 fully saturated rings. The first-order chi connectivity index (χ1) is 6.51. The van der Waals surface area contributed by atoms with Gasteiger partial charge < -0.3 is 11.1 Å². The Morgan fingerprint density at radius 1 is 1.36 bits per heavy atom.